The van der Waals surface area contributed by atoms with E-state index in [1.54, 1.807) is 0 Å². The SMILES string of the molecule is CCCC1CC(C(=O)NCCN2CCC(c3ccccc3)C2)NN1. The molecule has 5 heteroatoms. The molecule has 0 saturated carbocycles. The van der Waals surface area contributed by atoms with Crippen LogP contribution in [-0.2, 0) is 4.79 Å². The zero-order valence-corrected chi connectivity index (χ0v) is 14.6. The Balaban J connectivity index is 1.35. The third kappa shape index (κ3) is 4.56. The Hall–Kier alpha value is -1.43. The first-order chi connectivity index (χ1) is 11.8. The molecule has 2 aliphatic rings. The number of nitrogens with zero attached hydrogens (tertiary/aromatic N) is 1. The molecule has 2 heterocycles. The third-order valence-electron chi connectivity index (χ3n) is 5.21. The fourth-order valence-corrected chi connectivity index (χ4v) is 3.83. The summed E-state index contributed by atoms with van der Waals surface area (Å²) in [5.41, 5.74) is 7.78. The quantitative estimate of drug-likeness (QED) is 0.711. The van der Waals surface area contributed by atoms with E-state index < -0.39 is 0 Å². The number of rotatable bonds is 7. The van der Waals surface area contributed by atoms with Gasteiger partial charge in [-0.1, -0.05) is 43.7 Å². The first-order valence-electron chi connectivity index (χ1n) is 9.32. The molecule has 3 N–H and O–H groups in total. The zero-order valence-electron chi connectivity index (χ0n) is 14.6. The van der Waals surface area contributed by atoms with E-state index in [4.69, 9.17) is 0 Å². The molecule has 5 nitrogen and oxygen atoms in total. The van der Waals surface area contributed by atoms with Crippen molar-refractivity contribution in [3.05, 3.63) is 35.9 Å². The molecule has 0 aliphatic carbocycles. The molecule has 3 unspecified atom stereocenters. The molecule has 1 aromatic rings. The maximum Gasteiger partial charge on any atom is 0.238 e. The van der Waals surface area contributed by atoms with Gasteiger partial charge in [-0.05, 0) is 37.3 Å². The van der Waals surface area contributed by atoms with Crippen molar-refractivity contribution in [2.24, 2.45) is 0 Å². The molecule has 3 atom stereocenters. The summed E-state index contributed by atoms with van der Waals surface area (Å²) in [4.78, 5) is 14.7. The third-order valence-corrected chi connectivity index (χ3v) is 5.21. The Kier molecular flexibility index (Phi) is 6.24. The highest BCUT2D eigenvalue weighted by molar-refractivity contribution is 5.82. The highest BCUT2D eigenvalue weighted by Crippen LogP contribution is 2.26. The zero-order chi connectivity index (χ0) is 16.8. The lowest BCUT2D eigenvalue weighted by Crippen LogP contribution is -2.45. The summed E-state index contributed by atoms with van der Waals surface area (Å²) in [6, 6.07) is 11.1. The topological polar surface area (TPSA) is 56.4 Å². The lowest BCUT2D eigenvalue weighted by Gasteiger charge is -2.17. The van der Waals surface area contributed by atoms with E-state index in [1.165, 1.54) is 12.0 Å². The van der Waals surface area contributed by atoms with Crippen LogP contribution in [0.4, 0.5) is 0 Å². The van der Waals surface area contributed by atoms with Gasteiger partial charge in [0.1, 0.15) is 6.04 Å². The van der Waals surface area contributed by atoms with Gasteiger partial charge in [0.05, 0.1) is 0 Å². The van der Waals surface area contributed by atoms with Crippen molar-refractivity contribution in [1.82, 2.24) is 21.1 Å². The Labute approximate surface area is 145 Å². The number of hydrogen-bond donors (Lipinski definition) is 3. The highest BCUT2D eigenvalue weighted by atomic mass is 16.2. The minimum absolute atomic E-state index is 0.0859. The van der Waals surface area contributed by atoms with Gasteiger partial charge in [0.2, 0.25) is 5.91 Å². The summed E-state index contributed by atoms with van der Waals surface area (Å²) < 4.78 is 0. The Morgan fingerprint density at radius 2 is 2.12 bits per heavy atom. The molecule has 0 spiro atoms. The van der Waals surface area contributed by atoms with Gasteiger partial charge in [-0.2, -0.15) is 0 Å². The smallest absolute Gasteiger partial charge is 0.238 e. The van der Waals surface area contributed by atoms with Crippen molar-refractivity contribution in [3.63, 3.8) is 0 Å². The monoisotopic (exact) mass is 330 g/mol. The van der Waals surface area contributed by atoms with E-state index in [2.05, 4.69) is 58.3 Å². The number of carbonyl (C=O) groups is 1. The van der Waals surface area contributed by atoms with Crippen LogP contribution < -0.4 is 16.2 Å². The van der Waals surface area contributed by atoms with Gasteiger partial charge in [0.25, 0.3) is 0 Å². The van der Waals surface area contributed by atoms with Crippen LogP contribution in [0.1, 0.15) is 44.1 Å². The van der Waals surface area contributed by atoms with E-state index in [0.717, 1.165) is 45.4 Å². The molecule has 132 valence electrons. The lowest BCUT2D eigenvalue weighted by molar-refractivity contribution is -0.122. The number of carbonyl (C=O) groups excluding carboxylic acids is 1. The van der Waals surface area contributed by atoms with Crippen LogP contribution in [0.5, 0.6) is 0 Å². The number of hydrogen-bond acceptors (Lipinski definition) is 4. The van der Waals surface area contributed by atoms with Crippen molar-refractivity contribution in [2.45, 2.75) is 50.6 Å². The van der Waals surface area contributed by atoms with Gasteiger partial charge >= 0.3 is 0 Å². The molecule has 1 amide bonds. The van der Waals surface area contributed by atoms with E-state index in [0.29, 0.717) is 12.0 Å². The molecular formula is C19H30N4O. The number of likely N-dealkylation sites (tertiary alicyclic amines) is 1. The number of benzene rings is 1. The van der Waals surface area contributed by atoms with E-state index in [-0.39, 0.29) is 11.9 Å². The van der Waals surface area contributed by atoms with Gasteiger partial charge in [0, 0.05) is 25.7 Å². The fraction of sp³-hybridized carbons (Fsp3) is 0.632. The van der Waals surface area contributed by atoms with Crippen LogP contribution in [0.15, 0.2) is 30.3 Å². The predicted molar refractivity (Wildman–Crippen MR) is 96.6 cm³/mol. The molecule has 2 aliphatic heterocycles. The predicted octanol–water partition coefficient (Wildman–Crippen LogP) is 1.63. The molecular weight excluding hydrogens is 300 g/mol. The Bertz CT molecular complexity index is 521. The van der Waals surface area contributed by atoms with Crippen molar-refractivity contribution in [2.75, 3.05) is 26.2 Å². The normalized spacial score (nSPS) is 27.5. The van der Waals surface area contributed by atoms with Crippen molar-refractivity contribution >= 4 is 5.91 Å². The molecule has 24 heavy (non-hydrogen) atoms. The maximum atomic E-state index is 12.2. The van der Waals surface area contributed by atoms with Crippen molar-refractivity contribution in [3.8, 4) is 0 Å². The molecule has 3 rings (SSSR count). The minimum atomic E-state index is -0.0859. The minimum Gasteiger partial charge on any atom is -0.353 e. The number of hydrazine groups is 1. The second-order valence-corrected chi connectivity index (χ2v) is 7.05. The van der Waals surface area contributed by atoms with E-state index in [9.17, 15) is 4.79 Å². The van der Waals surface area contributed by atoms with Gasteiger partial charge in [0.15, 0.2) is 0 Å². The van der Waals surface area contributed by atoms with Gasteiger partial charge in [-0.3, -0.25) is 10.2 Å². The summed E-state index contributed by atoms with van der Waals surface area (Å²) in [5.74, 6) is 0.761. The van der Waals surface area contributed by atoms with Crippen LogP contribution in [0, 0.1) is 0 Å². The molecule has 0 bridgehead atoms. The number of amides is 1. The standard InChI is InChI=1S/C19H30N4O/c1-2-6-17-13-18(22-21-17)19(24)20-10-12-23-11-9-16(14-23)15-7-4-3-5-8-15/h3-5,7-8,16-18,21-22H,2,6,9-14H2,1H3,(H,20,24). The second kappa shape index (κ2) is 8.60. The van der Waals surface area contributed by atoms with E-state index >= 15 is 0 Å². The summed E-state index contributed by atoms with van der Waals surface area (Å²) in [7, 11) is 0. The summed E-state index contributed by atoms with van der Waals surface area (Å²) in [6.45, 7) is 6.07. The average molecular weight is 330 g/mol. The first kappa shape index (κ1) is 17.4. The van der Waals surface area contributed by atoms with Crippen LogP contribution in [0.25, 0.3) is 0 Å². The second-order valence-electron chi connectivity index (χ2n) is 7.05. The molecule has 1 aromatic carbocycles. The molecule has 2 fully saturated rings. The van der Waals surface area contributed by atoms with Crippen molar-refractivity contribution in [1.29, 1.82) is 0 Å². The van der Waals surface area contributed by atoms with Gasteiger partial charge < -0.3 is 10.2 Å². The summed E-state index contributed by atoms with van der Waals surface area (Å²) in [5, 5.41) is 3.09. The average Bonchev–Trinajstić information content (AvgIpc) is 3.26. The number of nitrogens with one attached hydrogen (secondary N) is 3. The summed E-state index contributed by atoms with van der Waals surface area (Å²) in [6.07, 6.45) is 4.36. The molecule has 2 saturated heterocycles. The van der Waals surface area contributed by atoms with E-state index in [1.807, 2.05) is 0 Å². The highest BCUT2D eigenvalue weighted by Gasteiger charge is 2.28. The first-order valence-corrected chi connectivity index (χ1v) is 9.32. The Morgan fingerprint density at radius 3 is 2.92 bits per heavy atom. The van der Waals surface area contributed by atoms with Crippen LogP contribution in [0.3, 0.4) is 0 Å². The maximum absolute atomic E-state index is 12.2. The Morgan fingerprint density at radius 1 is 1.29 bits per heavy atom. The van der Waals surface area contributed by atoms with Crippen molar-refractivity contribution < 1.29 is 4.79 Å². The summed E-state index contributed by atoms with van der Waals surface area (Å²) >= 11 is 0. The lowest BCUT2D eigenvalue weighted by atomic mass is 9.99. The van der Waals surface area contributed by atoms with Gasteiger partial charge in [-0.15, -0.1) is 0 Å². The van der Waals surface area contributed by atoms with Gasteiger partial charge in [-0.25, -0.2) is 5.43 Å². The van der Waals surface area contributed by atoms with Crippen LogP contribution in [-0.4, -0.2) is 49.1 Å². The fourth-order valence-electron chi connectivity index (χ4n) is 3.83. The molecule has 0 radical (unpaired) electrons. The van der Waals surface area contributed by atoms with Crippen LogP contribution >= 0.6 is 0 Å². The molecule has 0 aromatic heterocycles. The largest absolute Gasteiger partial charge is 0.353 e. The van der Waals surface area contributed by atoms with Crippen LogP contribution in [0.2, 0.25) is 0 Å².